The van der Waals surface area contributed by atoms with Gasteiger partial charge in [-0.15, -0.1) is 0 Å². The van der Waals surface area contributed by atoms with Crippen LogP contribution >= 0.6 is 0 Å². The summed E-state index contributed by atoms with van der Waals surface area (Å²) in [7, 11) is 0. The van der Waals surface area contributed by atoms with E-state index in [1.165, 1.54) is 0 Å². The Kier molecular flexibility index (Phi) is 3.91. The minimum absolute atomic E-state index is 0.0100. The Balaban J connectivity index is 1.71. The van der Waals surface area contributed by atoms with Crippen LogP contribution in [0.15, 0.2) is 35.5 Å². The van der Waals surface area contributed by atoms with Gasteiger partial charge in [0, 0.05) is 19.5 Å². The fraction of sp³-hybridized carbons (Fsp3) is 0.529. The SMILES string of the molecule is C[C@@H]1CN(C(=O)[C@]2(C)CC(c3ccccc3)=NO2)C[C@H](C)O1. The number of morpholine rings is 1. The average Bonchev–Trinajstić information content (AvgIpc) is 2.90. The highest BCUT2D eigenvalue weighted by molar-refractivity contribution is 6.05. The maximum Gasteiger partial charge on any atom is 0.269 e. The van der Waals surface area contributed by atoms with Gasteiger partial charge in [0.1, 0.15) is 0 Å². The number of hydrogen-bond donors (Lipinski definition) is 0. The summed E-state index contributed by atoms with van der Waals surface area (Å²) >= 11 is 0. The molecule has 1 fully saturated rings. The highest BCUT2D eigenvalue weighted by Gasteiger charge is 2.45. The number of carbonyl (C=O) groups is 1. The number of oxime groups is 1. The van der Waals surface area contributed by atoms with Crippen LogP contribution in [-0.2, 0) is 14.4 Å². The molecule has 2 heterocycles. The smallest absolute Gasteiger partial charge is 0.269 e. The molecule has 0 saturated carbocycles. The fourth-order valence-electron chi connectivity index (χ4n) is 3.12. The molecule has 3 rings (SSSR count). The molecule has 5 heteroatoms. The zero-order chi connectivity index (χ0) is 15.7. The van der Waals surface area contributed by atoms with Crippen LogP contribution in [-0.4, -0.2) is 47.4 Å². The number of nitrogens with zero attached hydrogens (tertiary/aromatic N) is 2. The lowest BCUT2D eigenvalue weighted by Crippen LogP contribution is -2.55. The molecule has 22 heavy (non-hydrogen) atoms. The lowest BCUT2D eigenvalue weighted by Gasteiger charge is -2.38. The van der Waals surface area contributed by atoms with Gasteiger partial charge in [0.15, 0.2) is 0 Å². The van der Waals surface area contributed by atoms with E-state index >= 15 is 0 Å². The van der Waals surface area contributed by atoms with Crippen molar-refractivity contribution in [1.29, 1.82) is 0 Å². The van der Waals surface area contributed by atoms with E-state index in [1.54, 1.807) is 0 Å². The molecule has 1 amide bonds. The second kappa shape index (κ2) is 5.72. The van der Waals surface area contributed by atoms with E-state index in [2.05, 4.69) is 5.16 Å². The minimum Gasteiger partial charge on any atom is -0.379 e. The van der Waals surface area contributed by atoms with E-state index in [4.69, 9.17) is 9.57 Å². The Morgan fingerprint density at radius 1 is 1.23 bits per heavy atom. The van der Waals surface area contributed by atoms with Crippen molar-refractivity contribution >= 4 is 11.6 Å². The van der Waals surface area contributed by atoms with Crippen LogP contribution in [0.5, 0.6) is 0 Å². The Hall–Kier alpha value is -1.88. The zero-order valence-corrected chi connectivity index (χ0v) is 13.3. The molecule has 0 N–H and O–H groups in total. The van der Waals surface area contributed by atoms with Crippen molar-refractivity contribution in [2.45, 2.75) is 45.0 Å². The molecule has 2 aliphatic rings. The van der Waals surface area contributed by atoms with E-state index in [9.17, 15) is 4.79 Å². The average molecular weight is 302 g/mol. The molecule has 0 aliphatic carbocycles. The summed E-state index contributed by atoms with van der Waals surface area (Å²) in [6, 6.07) is 9.84. The Labute approximate surface area is 130 Å². The molecule has 0 radical (unpaired) electrons. The van der Waals surface area contributed by atoms with Gasteiger partial charge in [-0.2, -0.15) is 0 Å². The van der Waals surface area contributed by atoms with Crippen molar-refractivity contribution in [3.63, 3.8) is 0 Å². The molecule has 118 valence electrons. The fourth-order valence-corrected chi connectivity index (χ4v) is 3.12. The summed E-state index contributed by atoms with van der Waals surface area (Å²) < 4.78 is 5.69. The maximum atomic E-state index is 12.9. The third-order valence-corrected chi connectivity index (χ3v) is 4.13. The molecule has 1 aromatic rings. The first-order valence-corrected chi connectivity index (χ1v) is 7.73. The third kappa shape index (κ3) is 2.86. The van der Waals surface area contributed by atoms with Crippen LogP contribution < -0.4 is 0 Å². The normalized spacial score (nSPS) is 31.6. The maximum absolute atomic E-state index is 12.9. The van der Waals surface area contributed by atoms with Crippen molar-refractivity contribution in [2.24, 2.45) is 5.16 Å². The van der Waals surface area contributed by atoms with E-state index in [0.29, 0.717) is 19.5 Å². The molecule has 0 spiro atoms. The first kappa shape index (κ1) is 15.0. The summed E-state index contributed by atoms with van der Waals surface area (Å²) in [6.07, 6.45) is 0.593. The van der Waals surface area contributed by atoms with E-state index < -0.39 is 5.60 Å². The number of hydrogen-bond acceptors (Lipinski definition) is 4. The van der Waals surface area contributed by atoms with Gasteiger partial charge in [0.2, 0.25) is 5.60 Å². The van der Waals surface area contributed by atoms with Crippen LogP contribution in [0.3, 0.4) is 0 Å². The number of ether oxygens (including phenoxy) is 1. The molecule has 3 atom stereocenters. The number of carbonyl (C=O) groups excluding carboxylic acids is 1. The Morgan fingerprint density at radius 3 is 2.50 bits per heavy atom. The predicted molar refractivity (Wildman–Crippen MR) is 83.7 cm³/mol. The minimum atomic E-state index is -0.915. The number of rotatable bonds is 2. The molecule has 1 saturated heterocycles. The van der Waals surface area contributed by atoms with Crippen molar-refractivity contribution in [3.05, 3.63) is 35.9 Å². The summed E-state index contributed by atoms with van der Waals surface area (Å²) in [5, 5.41) is 4.15. The molecule has 1 aromatic carbocycles. The topological polar surface area (TPSA) is 51.1 Å². The number of amides is 1. The van der Waals surface area contributed by atoms with Crippen molar-refractivity contribution in [1.82, 2.24) is 4.90 Å². The van der Waals surface area contributed by atoms with E-state index in [1.807, 2.05) is 56.0 Å². The molecular formula is C17H22N2O3. The predicted octanol–water partition coefficient (Wildman–Crippen LogP) is 2.21. The quantitative estimate of drug-likeness (QED) is 0.841. The highest BCUT2D eigenvalue weighted by atomic mass is 16.7. The highest BCUT2D eigenvalue weighted by Crippen LogP contribution is 2.29. The van der Waals surface area contributed by atoms with Gasteiger partial charge in [-0.3, -0.25) is 4.79 Å². The van der Waals surface area contributed by atoms with Gasteiger partial charge in [-0.25, -0.2) is 0 Å². The van der Waals surface area contributed by atoms with Gasteiger partial charge < -0.3 is 14.5 Å². The summed E-state index contributed by atoms with van der Waals surface area (Å²) in [6.45, 7) is 6.99. The van der Waals surface area contributed by atoms with Crippen LogP contribution in [0.25, 0.3) is 0 Å². The Morgan fingerprint density at radius 2 is 1.86 bits per heavy atom. The van der Waals surface area contributed by atoms with Crippen LogP contribution in [0.2, 0.25) is 0 Å². The summed E-state index contributed by atoms with van der Waals surface area (Å²) in [5.41, 5.74) is 0.913. The zero-order valence-electron chi connectivity index (χ0n) is 13.3. The van der Waals surface area contributed by atoms with Gasteiger partial charge >= 0.3 is 0 Å². The van der Waals surface area contributed by atoms with E-state index in [0.717, 1.165) is 11.3 Å². The molecular weight excluding hydrogens is 280 g/mol. The summed E-state index contributed by atoms with van der Waals surface area (Å²) in [5.74, 6) is -0.0100. The molecule has 5 nitrogen and oxygen atoms in total. The van der Waals surface area contributed by atoms with Gasteiger partial charge in [-0.1, -0.05) is 35.5 Å². The third-order valence-electron chi connectivity index (χ3n) is 4.13. The monoisotopic (exact) mass is 302 g/mol. The summed E-state index contributed by atoms with van der Waals surface area (Å²) in [4.78, 5) is 20.2. The lowest BCUT2D eigenvalue weighted by atomic mass is 9.94. The second-order valence-electron chi connectivity index (χ2n) is 6.37. The Bertz CT molecular complexity index is 577. The van der Waals surface area contributed by atoms with Gasteiger partial charge in [-0.05, 0) is 26.3 Å². The standard InChI is InChI=1S/C17H22N2O3/c1-12-10-19(11-13(2)21-12)16(20)17(3)9-15(18-22-17)14-7-5-4-6-8-14/h4-8,12-13H,9-11H2,1-3H3/t12-,13+,17-/m0/s1. The van der Waals surface area contributed by atoms with Gasteiger partial charge in [0.05, 0.1) is 17.9 Å². The lowest BCUT2D eigenvalue weighted by molar-refractivity contribution is -0.164. The van der Waals surface area contributed by atoms with Crippen molar-refractivity contribution in [3.8, 4) is 0 Å². The molecule has 0 bridgehead atoms. The number of benzene rings is 1. The van der Waals surface area contributed by atoms with Crippen LogP contribution in [0.4, 0.5) is 0 Å². The van der Waals surface area contributed by atoms with Crippen LogP contribution in [0, 0.1) is 0 Å². The molecule has 0 aromatic heterocycles. The van der Waals surface area contributed by atoms with Crippen molar-refractivity contribution in [2.75, 3.05) is 13.1 Å². The molecule has 0 unspecified atom stereocenters. The first-order valence-electron chi connectivity index (χ1n) is 7.73. The first-order chi connectivity index (χ1) is 10.5. The van der Waals surface area contributed by atoms with Crippen LogP contribution in [0.1, 0.15) is 32.8 Å². The van der Waals surface area contributed by atoms with E-state index in [-0.39, 0.29) is 18.1 Å². The largest absolute Gasteiger partial charge is 0.379 e. The van der Waals surface area contributed by atoms with Crippen molar-refractivity contribution < 1.29 is 14.4 Å². The van der Waals surface area contributed by atoms with Gasteiger partial charge in [0.25, 0.3) is 5.91 Å². The molecule has 2 aliphatic heterocycles. The second-order valence-corrected chi connectivity index (χ2v) is 6.37.